The van der Waals surface area contributed by atoms with E-state index in [1.807, 2.05) is 36.4 Å². The molecule has 0 spiro atoms. The molecule has 0 saturated heterocycles. The predicted molar refractivity (Wildman–Crippen MR) is 226 cm³/mol. The molecule has 0 N–H and O–H groups in total. The van der Waals surface area contributed by atoms with Gasteiger partial charge in [-0.05, 0) is 83.2 Å². The molecule has 0 fully saturated rings. The summed E-state index contributed by atoms with van der Waals surface area (Å²) in [7, 11) is 0. The maximum Gasteiger partial charge on any atom is 0.197 e. The number of nitrogens with zero attached hydrogens (tertiary/aromatic N) is 5. The van der Waals surface area contributed by atoms with Crippen LogP contribution in [0.3, 0.4) is 0 Å². The van der Waals surface area contributed by atoms with Crippen LogP contribution in [0.2, 0.25) is 0 Å². The van der Waals surface area contributed by atoms with E-state index in [4.69, 9.17) is 6.57 Å². The van der Waals surface area contributed by atoms with Crippen molar-refractivity contribution in [3.63, 3.8) is 0 Å². The third kappa shape index (κ3) is 4.45. The molecular weight excluding hydrogens is 671 g/mol. The van der Waals surface area contributed by atoms with Gasteiger partial charge >= 0.3 is 0 Å². The van der Waals surface area contributed by atoms with Crippen LogP contribution in [0.25, 0.3) is 98.5 Å². The largest absolute Gasteiger partial charge is 0.311 e. The fraction of sp³-hybridized carbons (Fsp3) is 0. The van der Waals surface area contributed by atoms with Crippen molar-refractivity contribution in [2.75, 3.05) is 0 Å². The smallest absolute Gasteiger partial charge is 0.197 e. The van der Waals surface area contributed by atoms with E-state index < -0.39 is 0 Å². The highest BCUT2D eigenvalue weighted by Gasteiger charge is 2.19. The Morgan fingerprint density at radius 3 is 1.56 bits per heavy atom. The summed E-state index contributed by atoms with van der Waals surface area (Å²) < 4.78 is 6.87. The van der Waals surface area contributed by atoms with E-state index in [-0.39, 0.29) is 0 Å². The van der Waals surface area contributed by atoms with Crippen molar-refractivity contribution in [2.24, 2.45) is 0 Å². The molecule has 0 radical (unpaired) electrons. The number of para-hydroxylation sites is 4. The van der Waals surface area contributed by atoms with Gasteiger partial charge in [-0.25, -0.2) is 4.85 Å². The first kappa shape index (κ1) is 30.7. The Balaban J connectivity index is 1.09. The second-order valence-corrected chi connectivity index (χ2v) is 14.0. The number of rotatable bonds is 4. The molecule has 3 aromatic heterocycles. The normalized spacial score (nSPS) is 11.6. The molecule has 0 aliphatic carbocycles. The summed E-state index contributed by atoms with van der Waals surface area (Å²) in [5.41, 5.74) is 12.5. The van der Waals surface area contributed by atoms with Crippen molar-refractivity contribution in [3.05, 3.63) is 193 Å². The van der Waals surface area contributed by atoms with Gasteiger partial charge in [-0.2, -0.15) is 5.26 Å². The van der Waals surface area contributed by atoms with Gasteiger partial charge in [-0.1, -0.05) is 109 Å². The molecule has 0 atom stereocenters. The van der Waals surface area contributed by atoms with Gasteiger partial charge in [0.1, 0.15) is 0 Å². The predicted octanol–water partition coefficient (Wildman–Crippen LogP) is 13.1. The lowest BCUT2D eigenvalue weighted by Gasteiger charge is -2.14. The summed E-state index contributed by atoms with van der Waals surface area (Å²) in [5, 5.41) is 17.4. The van der Waals surface area contributed by atoms with Gasteiger partial charge in [0.15, 0.2) is 5.69 Å². The molecule has 11 aromatic rings. The monoisotopic (exact) mass is 699 g/mol. The zero-order valence-corrected chi connectivity index (χ0v) is 29.5. The molecule has 5 nitrogen and oxygen atoms in total. The molecule has 3 heterocycles. The fourth-order valence-electron chi connectivity index (χ4n) is 8.78. The van der Waals surface area contributed by atoms with Crippen molar-refractivity contribution in [1.82, 2.24) is 13.7 Å². The summed E-state index contributed by atoms with van der Waals surface area (Å²) in [6.45, 7) is 7.83. The molecule has 0 aliphatic heterocycles. The van der Waals surface area contributed by atoms with Crippen LogP contribution < -0.4 is 0 Å². The number of fused-ring (bicyclic) bond motifs is 9. The maximum atomic E-state index is 10.6. The first-order chi connectivity index (χ1) is 27.2. The molecule has 0 aliphatic rings. The lowest BCUT2D eigenvalue weighted by Crippen LogP contribution is -1.98. The minimum absolute atomic E-state index is 0.581. The third-order valence-corrected chi connectivity index (χ3v) is 11.1. The summed E-state index contributed by atoms with van der Waals surface area (Å²) in [6, 6.07) is 63.7. The highest BCUT2D eigenvalue weighted by Crippen LogP contribution is 2.40. The summed E-state index contributed by atoms with van der Waals surface area (Å²) in [4.78, 5) is 3.83. The van der Waals surface area contributed by atoms with Crippen LogP contribution in [-0.4, -0.2) is 13.7 Å². The Bertz CT molecular complexity index is 3420. The molecule has 55 heavy (non-hydrogen) atoms. The second kappa shape index (κ2) is 11.8. The number of hydrogen-bond donors (Lipinski definition) is 0. The average Bonchev–Trinajstić information content (AvgIpc) is 3.89. The van der Waals surface area contributed by atoms with Gasteiger partial charge in [-0.15, -0.1) is 0 Å². The van der Waals surface area contributed by atoms with Gasteiger partial charge in [0.05, 0.1) is 45.8 Å². The van der Waals surface area contributed by atoms with E-state index in [2.05, 4.69) is 164 Å². The molecule has 0 amide bonds. The van der Waals surface area contributed by atoms with Crippen molar-refractivity contribution in [1.29, 1.82) is 5.26 Å². The van der Waals surface area contributed by atoms with E-state index in [9.17, 15) is 5.26 Å². The highest BCUT2D eigenvalue weighted by atomic mass is 15.0. The van der Waals surface area contributed by atoms with E-state index >= 15 is 0 Å². The van der Waals surface area contributed by atoms with Crippen molar-refractivity contribution in [2.45, 2.75) is 0 Å². The zero-order chi connectivity index (χ0) is 36.6. The van der Waals surface area contributed by atoms with E-state index in [1.54, 1.807) is 0 Å². The van der Waals surface area contributed by atoms with Crippen LogP contribution in [-0.2, 0) is 0 Å². The van der Waals surface area contributed by atoms with Gasteiger partial charge in [0, 0.05) is 49.5 Å². The number of nitriles is 1. The van der Waals surface area contributed by atoms with Gasteiger partial charge < -0.3 is 13.7 Å². The lowest BCUT2D eigenvalue weighted by atomic mass is 9.99. The molecule has 11 rings (SSSR count). The van der Waals surface area contributed by atoms with Gasteiger partial charge in [0.2, 0.25) is 0 Å². The number of benzene rings is 8. The molecule has 8 aromatic carbocycles. The first-order valence-corrected chi connectivity index (χ1v) is 18.3. The molecule has 0 bridgehead atoms. The number of aromatic nitrogens is 3. The SMILES string of the molecule is [C-]#[N+]c1cccc2c1c1ccccc1n2-c1ccc(-c2cccc(-n3c4ccccc4c4ccc(-n5c6ccccc6c6ccccc65)cc43)c2)c(C#N)c1. The quantitative estimate of drug-likeness (QED) is 0.169. The summed E-state index contributed by atoms with van der Waals surface area (Å²) in [6.07, 6.45) is 0. The molecule has 254 valence electrons. The third-order valence-electron chi connectivity index (χ3n) is 11.1. The minimum atomic E-state index is 0.581. The number of hydrogen-bond acceptors (Lipinski definition) is 1. The van der Waals surface area contributed by atoms with Crippen LogP contribution >= 0.6 is 0 Å². The van der Waals surface area contributed by atoms with Crippen LogP contribution in [0.1, 0.15) is 5.56 Å². The van der Waals surface area contributed by atoms with Gasteiger partial charge in [0.25, 0.3) is 0 Å². The Kier molecular flexibility index (Phi) is 6.61. The van der Waals surface area contributed by atoms with E-state index in [1.165, 1.54) is 32.6 Å². The standard InChI is InChI=1S/C50H29N5/c1-52-43-18-11-23-48-50(43)42-17-5-9-22-47(42)54(48)35-24-26-37(33(29-35)31-51)32-12-10-13-34(28-32)55-46-21-8-4-16-40(46)41-27-25-36(30-49(41)55)53-44-19-6-2-14-38(44)39-15-3-7-20-45(39)53/h2-30H. The molecular formula is C50H29N5. The van der Waals surface area contributed by atoms with Crippen molar-refractivity contribution >= 4 is 71.1 Å². The minimum Gasteiger partial charge on any atom is -0.311 e. The molecule has 0 saturated carbocycles. The zero-order valence-electron chi connectivity index (χ0n) is 29.5. The lowest BCUT2D eigenvalue weighted by molar-refractivity contribution is 1.15. The van der Waals surface area contributed by atoms with Crippen LogP contribution in [0.5, 0.6) is 0 Å². The second-order valence-electron chi connectivity index (χ2n) is 14.0. The van der Waals surface area contributed by atoms with E-state index in [0.29, 0.717) is 11.3 Å². The fourth-order valence-corrected chi connectivity index (χ4v) is 8.78. The van der Waals surface area contributed by atoms with Crippen LogP contribution in [0, 0.1) is 17.9 Å². The topological polar surface area (TPSA) is 42.9 Å². The first-order valence-electron chi connectivity index (χ1n) is 18.3. The molecule has 0 unspecified atom stereocenters. The maximum absolute atomic E-state index is 10.6. The van der Waals surface area contributed by atoms with Gasteiger partial charge in [-0.3, -0.25) is 0 Å². The summed E-state index contributed by atoms with van der Waals surface area (Å²) >= 11 is 0. The molecule has 5 heteroatoms. The Hall–Kier alpha value is -7.86. The van der Waals surface area contributed by atoms with Crippen LogP contribution in [0.4, 0.5) is 5.69 Å². The highest BCUT2D eigenvalue weighted by molar-refractivity contribution is 6.15. The Morgan fingerprint density at radius 2 is 0.909 bits per heavy atom. The van der Waals surface area contributed by atoms with Crippen LogP contribution in [0.15, 0.2) is 176 Å². The van der Waals surface area contributed by atoms with E-state index in [0.717, 1.165) is 61.0 Å². The van der Waals surface area contributed by atoms with Crippen molar-refractivity contribution in [3.8, 4) is 34.3 Å². The van der Waals surface area contributed by atoms with Crippen molar-refractivity contribution < 1.29 is 0 Å². The Morgan fingerprint density at radius 1 is 0.418 bits per heavy atom. The summed E-state index contributed by atoms with van der Waals surface area (Å²) in [5.74, 6) is 0. The Labute approximate surface area is 316 Å². The average molecular weight is 700 g/mol.